The van der Waals surface area contributed by atoms with Crippen molar-refractivity contribution in [2.24, 2.45) is 0 Å². The molecule has 0 atom stereocenters. The van der Waals surface area contributed by atoms with Crippen molar-refractivity contribution in [1.82, 2.24) is 5.32 Å². The summed E-state index contributed by atoms with van der Waals surface area (Å²) in [5.74, 6) is -0.364. The Morgan fingerprint density at radius 2 is 1.94 bits per heavy atom. The smallest absolute Gasteiger partial charge is 0.313 e. The Hall–Kier alpha value is -0.620. The molecule has 0 bridgehead atoms. The molecular formula is C11H12BrF4N. The van der Waals surface area contributed by atoms with Gasteiger partial charge in [-0.1, -0.05) is 15.9 Å². The summed E-state index contributed by atoms with van der Waals surface area (Å²) < 4.78 is 49.5. The van der Waals surface area contributed by atoms with Gasteiger partial charge in [0.15, 0.2) is 0 Å². The molecule has 0 aliphatic carbocycles. The molecule has 0 fully saturated rings. The first-order valence-corrected chi connectivity index (χ1v) is 5.89. The van der Waals surface area contributed by atoms with Gasteiger partial charge in [0, 0.05) is 23.0 Å². The van der Waals surface area contributed by atoms with Gasteiger partial charge in [-0.15, -0.1) is 0 Å². The molecule has 1 nitrogen and oxygen atoms in total. The van der Waals surface area contributed by atoms with Gasteiger partial charge in [0.25, 0.3) is 0 Å². The monoisotopic (exact) mass is 313 g/mol. The minimum Gasteiger partial charge on any atom is -0.313 e. The topological polar surface area (TPSA) is 12.0 Å². The molecule has 0 aliphatic heterocycles. The van der Waals surface area contributed by atoms with E-state index < -0.39 is 12.6 Å². The normalized spacial score (nSPS) is 11.8. The van der Waals surface area contributed by atoms with Gasteiger partial charge in [-0.25, -0.2) is 4.39 Å². The fourth-order valence-corrected chi connectivity index (χ4v) is 1.72. The summed E-state index contributed by atoms with van der Waals surface area (Å²) in [6, 6.07) is 4.49. The van der Waals surface area contributed by atoms with Gasteiger partial charge in [0.05, 0.1) is 0 Å². The summed E-state index contributed by atoms with van der Waals surface area (Å²) in [6.07, 6.45) is -4.94. The lowest BCUT2D eigenvalue weighted by molar-refractivity contribution is -0.135. The molecular weight excluding hydrogens is 302 g/mol. The Labute approximate surface area is 105 Å². The van der Waals surface area contributed by atoms with Crippen molar-refractivity contribution < 1.29 is 17.6 Å². The van der Waals surface area contributed by atoms with E-state index in [4.69, 9.17) is 0 Å². The number of hydrogen-bond acceptors (Lipinski definition) is 1. The summed E-state index contributed by atoms with van der Waals surface area (Å²) in [5.41, 5.74) is 0.436. The molecule has 0 radical (unpaired) electrons. The van der Waals surface area contributed by atoms with Gasteiger partial charge in [0.1, 0.15) is 5.82 Å². The Morgan fingerprint density at radius 1 is 1.24 bits per heavy atom. The highest BCUT2D eigenvalue weighted by Gasteiger charge is 2.25. The highest BCUT2D eigenvalue weighted by Crippen LogP contribution is 2.20. The van der Waals surface area contributed by atoms with E-state index in [0.29, 0.717) is 5.56 Å². The molecule has 0 amide bonds. The van der Waals surface area contributed by atoms with Gasteiger partial charge in [0.2, 0.25) is 0 Å². The molecule has 1 rings (SSSR count). The van der Waals surface area contributed by atoms with Gasteiger partial charge in [-0.3, -0.25) is 0 Å². The summed E-state index contributed by atoms with van der Waals surface area (Å²) in [7, 11) is 0. The zero-order valence-electron chi connectivity index (χ0n) is 8.95. The number of hydrogen-bond donors (Lipinski definition) is 1. The standard InChI is InChI=1S/C11H12BrF4N/c12-9-2-3-10(13)8(6-9)7-17-5-1-4-11(14,15)16/h2-3,6,17H,1,4-5,7H2. The van der Waals surface area contributed by atoms with Crippen molar-refractivity contribution in [3.05, 3.63) is 34.1 Å². The molecule has 96 valence electrons. The van der Waals surface area contributed by atoms with Crippen LogP contribution in [0.4, 0.5) is 17.6 Å². The maximum atomic E-state index is 13.2. The third-order valence-electron chi connectivity index (χ3n) is 2.14. The van der Waals surface area contributed by atoms with E-state index in [1.165, 1.54) is 6.07 Å². The van der Waals surface area contributed by atoms with Gasteiger partial charge in [-0.05, 0) is 31.2 Å². The Bertz CT molecular complexity index is 365. The fraction of sp³-hybridized carbons (Fsp3) is 0.455. The van der Waals surface area contributed by atoms with Crippen molar-refractivity contribution >= 4 is 15.9 Å². The molecule has 1 aromatic carbocycles. The minimum absolute atomic E-state index is 0.000871. The van der Waals surface area contributed by atoms with Gasteiger partial charge < -0.3 is 5.32 Å². The van der Waals surface area contributed by atoms with E-state index in [9.17, 15) is 17.6 Å². The van der Waals surface area contributed by atoms with E-state index in [0.717, 1.165) is 4.47 Å². The van der Waals surface area contributed by atoms with Gasteiger partial charge in [-0.2, -0.15) is 13.2 Å². The second-order valence-corrected chi connectivity index (χ2v) is 4.55. The maximum Gasteiger partial charge on any atom is 0.389 e. The number of halogens is 5. The molecule has 0 saturated heterocycles. The van der Waals surface area contributed by atoms with E-state index in [1.807, 2.05) is 0 Å². The molecule has 0 aromatic heterocycles. The second kappa shape index (κ2) is 6.35. The molecule has 0 aliphatic rings. The number of nitrogens with one attached hydrogen (secondary N) is 1. The minimum atomic E-state index is -4.12. The summed E-state index contributed by atoms with van der Waals surface area (Å²) >= 11 is 3.20. The van der Waals surface area contributed by atoms with Crippen LogP contribution in [-0.2, 0) is 6.54 Å². The quantitative estimate of drug-likeness (QED) is 0.639. The third-order valence-corrected chi connectivity index (χ3v) is 2.63. The lowest BCUT2D eigenvalue weighted by Gasteiger charge is -2.08. The Kier molecular flexibility index (Phi) is 5.39. The van der Waals surface area contributed by atoms with Crippen molar-refractivity contribution in [2.45, 2.75) is 25.6 Å². The average molecular weight is 314 g/mol. The third kappa shape index (κ3) is 6.02. The van der Waals surface area contributed by atoms with Crippen LogP contribution >= 0.6 is 15.9 Å². The van der Waals surface area contributed by atoms with Crippen LogP contribution in [0.15, 0.2) is 22.7 Å². The number of rotatable bonds is 5. The zero-order valence-corrected chi connectivity index (χ0v) is 10.5. The van der Waals surface area contributed by atoms with Gasteiger partial charge >= 0.3 is 6.18 Å². The molecule has 1 aromatic rings. The molecule has 17 heavy (non-hydrogen) atoms. The van der Waals surface area contributed by atoms with Crippen LogP contribution in [0.5, 0.6) is 0 Å². The Morgan fingerprint density at radius 3 is 2.59 bits per heavy atom. The van der Waals surface area contributed by atoms with E-state index in [-0.39, 0.29) is 25.3 Å². The first-order valence-electron chi connectivity index (χ1n) is 5.10. The lowest BCUT2D eigenvalue weighted by atomic mass is 10.2. The van der Waals surface area contributed by atoms with Crippen LogP contribution in [-0.4, -0.2) is 12.7 Å². The SMILES string of the molecule is Fc1ccc(Br)cc1CNCCCC(F)(F)F. The number of benzene rings is 1. The maximum absolute atomic E-state index is 13.2. The van der Waals surface area contributed by atoms with E-state index >= 15 is 0 Å². The Balaban J connectivity index is 2.29. The highest BCUT2D eigenvalue weighted by molar-refractivity contribution is 9.10. The largest absolute Gasteiger partial charge is 0.389 e. The summed E-state index contributed by atoms with van der Waals surface area (Å²) in [4.78, 5) is 0. The van der Waals surface area contributed by atoms with Crippen LogP contribution in [0.1, 0.15) is 18.4 Å². The summed E-state index contributed by atoms with van der Waals surface area (Å²) in [5, 5.41) is 2.78. The summed E-state index contributed by atoms with van der Waals surface area (Å²) in [6.45, 7) is 0.439. The molecule has 0 unspecified atom stereocenters. The molecule has 0 heterocycles. The predicted molar refractivity (Wildman–Crippen MR) is 61.1 cm³/mol. The van der Waals surface area contributed by atoms with Crippen LogP contribution in [0.3, 0.4) is 0 Å². The molecule has 0 spiro atoms. The predicted octanol–water partition coefficient (Wildman–Crippen LogP) is 4.02. The lowest BCUT2D eigenvalue weighted by Crippen LogP contribution is -2.18. The average Bonchev–Trinajstić information content (AvgIpc) is 2.21. The van der Waals surface area contributed by atoms with Crippen molar-refractivity contribution in [3.8, 4) is 0 Å². The first kappa shape index (κ1) is 14.4. The van der Waals surface area contributed by atoms with Crippen LogP contribution in [0.25, 0.3) is 0 Å². The molecule has 0 saturated carbocycles. The van der Waals surface area contributed by atoms with Crippen molar-refractivity contribution in [1.29, 1.82) is 0 Å². The highest BCUT2D eigenvalue weighted by atomic mass is 79.9. The van der Waals surface area contributed by atoms with Crippen LogP contribution < -0.4 is 5.32 Å². The van der Waals surface area contributed by atoms with Crippen LogP contribution in [0.2, 0.25) is 0 Å². The zero-order chi connectivity index (χ0) is 12.9. The molecule has 6 heteroatoms. The first-order chi connectivity index (χ1) is 7.88. The number of alkyl halides is 3. The van der Waals surface area contributed by atoms with Crippen molar-refractivity contribution in [2.75, 3.05) is 6.54 Å². The fourth-order valence-electron chi connectivity index (χ4n) is 1.32. The van der Waals surface area contributed by atoms with E-state index in [1.54, 1.807) is 12.1 Å². The molecule has 1 N–H and O–H groups in total. The van der Waals surface area contributed by atoms with E-state index in [2.05, 4.69) is 21.2 Å². The van der Waals surface area contributed by atoms with Crippen molar-refractivity contribution in [3.63, 3.8) is 0 Å². The van der Waals surface area contributed by atoms with Crippen LogP contribution in [0, 0.1) is 5.82 Å². The second-order valence-electron chi connectivity index (χ2n) is 3.63.